The van der Waals surface area contributed by atoms with E-state index >= 15 is 0 Å². The minimum absolute atomic E-state index is 0.0963. The molecule has 1 aromatic rings. The van der Waals surface area contributed by atoms with Gasteiger partial charge in [0.25, 0.3) is 0 Å². The lowest BCUT2D eigenvalue weighted by Crippen LogP contribution is -2.44. The summed E-state index contributed by atoms with van der Waals surface area (Å²) in [5, 5.41) is 11.7. The van der Waals surface area contributed by atoms with E-state index in [4.69, 9.17) is 0 Å². The molecular formula is C13H22N4OS. The molecule has 0 aromatic carbocycles. The van der Waals surface area contributed by atoms with E-state index in [1.807, 2.05) is 11.6 Å². The highest BCUT2D eigenvalue weighted by Crippen LogP contribution is 2.29. The second-order valence-corrected chi connectivity index (χ2v) is 6.40. The van der Waals surface area contributed by atoms with Crippen LogP contribution in [0.25, 0.3) is 0 Å². The molecule has 0 aliphatic heterocycles. The van der Waals surface area contributed by atoms with Crippen LogP contribution in [-0.2, 0) is 11.8 Å². The van der Waals surface area contributed by atoms with Gasteiger partial charge in [0.05, 0.1) is 5.75 Å². The Morgan fingerprint density at radius 3 is 3.00 bits per heavy atom. The minimum Gasteiger partial charge on any atom is -0.352 e. The average Bonchev–Trinajstić information content (AvgIpc) is 2.78. The van der Waals surface area contributed by atoms with E-state index in [0.29, 0.717) is 23.6 Å². The molecule has 0 spiro atoms. The Balaban J connectivity index is 1.79. The lowest BCUT2D eigenvalue weighted by Gasteiger charge is -2.34. The average molecular weight is 282 g/mol. The van der Waals surface area contributed by atoms with Crippen molar-refractivity contribution in [2.24, 2.45) is 18.9 Å². The number of rotatable bonds is 4. The van der Waals surface area contributed by atoms with Crippen molar-refractivity contribution < 1.29 is 4.79 Å². The van der Waals surface area contributed by atoms with Crippen molar-refractivity contribution in [2.45, 2.75) is 44.3 Å². The van der Waals surface area contributed by atoms with Crippen molar-refractivity contribution >= 4 is 17.7 Å². The van der Waals surface area contributed by atoms with Crippen LogP contribution in [0.1, 0.15) is 33.1 Å². The fraction of sp³-hybridized carbons (Fsp3) is 0.769. The van der Waals surface area contributed by atoms with Crippen LogP contribution in [0.5, 0.6) is 0 Å². The summed E-state index contributed by atoms with van der Waals surface area (Å²) in [6.45, 7) is 4.52. The van der Waals surface area contributed by atoms with Crippen LogP contribution in [-0.4, -0.2) is 32.5 Å². The van der Waals surface area contributed by atoms with Crippen molar-refractivity contribution in [1.29, 1.82) is 0 Å². The molecule has 1 fully saturated rings. The number of aryl methyl sites for hydroxylation is 1. The van der Waals surface area contributed by atoms with E-state index < -0.39 is 0 Å². The Morgan fingerprint density at radius 2 is 2.32 bits per heavy atom. The normalized spacial score (nSPS) is 27.2. The quantitative estimate of drug-likeness (QED) is 0.856. The Morgan fingerprint density at radius 1 is 1.53 bits per heavy atom. The topological polar surface area (TPSA) is 59.8 Å². The van der Waals surface area contributed by atoms with Crippen LogP contribution >= 0.6 is 11.8 Å². The van der Waals surface area contributed by atoms with Crippen LogP contribution in [0.2, 0.25) is 0 Å². The van der Waals surface area contributed by atoms with Gasteiger partial charge in [-0.2, -0.15) is 0 Å². The van der Waals surface area contributed by atoms with Crippen molar-refractivity contribution in [2.75, 3.05) is 5.75 Å². The lowest BCUT2D eigenvalue weighted by molar-refractivity contribution is -0.120. The molecule has 0 saturated heterocycles. The number of carbonyl (C=O) groups is 1. The fourth-order valence-electron chi connectivity index (χ4n) is 2.57. The molecule has 0 unspecified atom stereocenters. The van der Waals surface area contributed by atoms with Gasteiger partial charge in [-0.15, -0.1) is 10.2 Å². The highest BCUT2D eigenvalue weighted by atomic mass is 32.2. The SMILES string of the molecule is C[C@@H]1[C@H](C)CCC[C@@H]1NC(=O)CSc1nncn1C. The zero-order chi connectivity index (χ0) is 13.8. The van der Waals surface area contributed by atoms with Crippen molar-refractivity contribution in [1.82, 2.24) is 20.1 Å². The van der Waals surface area contributed by atoms with Crippen LogP contribution in [0.15, 0.2) is 11.5 Å². The number of nitrogens with zero attached hydrogens (tertiary/aromatic N) is 3. The first kappa shape index (κ1) is 14.4. The zero-order valence-electron chi connectivity index (χ0n) is 11.8. The minimum atomic E-state index is 0.0963. The Kier molecular flexibility index (Phi) is 4.85. The van der Waals surface area contributed by atoms with Gasteiger partial charge < -0.3 is 9.88 Å². The van der Waals surface area contributed by atoms with Crippen molar-refractivity contribution in [3.8, 4) is 0 Å². The van der Waals surface area contributed by atoms with Gasteiger partial charge in [-0.05, 0) is 18.3 Å². The zero-order valence-corrected chi connectivity index (χ0v) is 12.6. The summed E-state index contributed by atoms with van der Waals surface area (Å²) in [5.41, 5.74) is 0. The monoisotopic (exact) mass is 282 g/mol. The molecule has 1 N–H and O–H groups in total. The van der Waals surface area contributed by atoms with E-state index in [-0.39, 0.29) is 5.91 Å². The van der Waals surface area contributed by atoms with Gasteiger partial charge >= 0.3 is 0 Å². The Hall–Kier alpha value is -1.04. The molecule has 1 heterocycles. The predicted octanol–water partition coefficient (Wildman–Crippen LogP) is 1.85. The molecule has 5 nitrogen and oxygen atoms in total. The molecule has 1 aliphatic carbocycles. The number of amides is 1. The summed E-state index contributed by atoms with van der Waals surface area (Å²) in [4.78, 5) is 12.0. The van der Waals surface area contributed by atoms with Crippen molar-refractivity contribution in [3.63, 3.8) is 0 Å². The number of thioether (sulfide) groups is 1. The van der Waals surface area contributed by atoms with E-state index in [0.717, 1.165) is 11.6 Å². The van der Waals surface area contributed by atoms with Gasteiger partial charge in [-0.1, -0.05) is 38.5 Å². The van der Waals surface area contributed by atoms with Crippen LogP contribution in [0, 0.1) is 11.8 Å². The highest BCUT2D eigenvalue weighted by Gasteiger charge is 2.28. The number of aromatic nitrogens is 3. The van der Waals surface area contributed by atoms with Crippen LogP contribution in [0.3, 0.4) is 0 Å². The lowest BCUT2D eigenvalue weighted by atomic mass is 9.78. The molecule has 2 rings (SSSR count). The van der Waals surface area contributed by atoms with E-state index in [1.165, 1.54) is 24.6 Å². The largest absolute Gasteiger partial charge is 0.352 e. The fourth-order valence-corrected chi connectivity index (χ4v) is 3.27. The third kappa shape index (κ3) is 3.72. The molecule has 19 heavy (non-hydrogen) atoms. The molecule has 1 aromatic heterocycles. The molecule has 0 radical (unpaired) electrons. The number of carbonyl (C=O) groups excluding carboxylic acids is 1. The van der Waals surface area contributed by atoms with E-state index in [1.54, 1.807) is 6.33 Å². The van der Waals surface area contributed by atoms with Crippen LogP contribution < -0.4 is 5.32 Å². The molecular weight excluding hydrogens is 260 g/mol. The molecule has 106 valence electrons. The molecule has 6 heteroatoms. The maximum Gasteiger partial charge on any atom is 0.230 e. The molecule has 3 atom stereocenters. The Labute approximate surface area is 118 Å². The van der Waals surface area contributed by atoms with E-state index in [9.17, 15) is 4.79 Å². The summed E-state index contributed by atoms with van der Waals surface area (Å²) in [6, 6.07) is 0.330. The second-order valence-electron chi connectivity index (χ2n) is 5.45. The number of nitrogens with one attached hydrogen (secondary N) is 1. The first-order valence-electron chi connectivity index (χ1n) is 6.84. The van der Waals surface area contributed by atoms with Crippen molar-refractivity contribution in [3.05, 3.63) is 6.33 Å². The van der Waals surface area contributed by atoms with Gasteiger partial charge in [-0.3, -0.25) is 4.79 Å². The maximum atomic E-state index is 12.0. The smallest absolute Gasteiger partial charge is 0.230 e. The first-order valence-corrected chi connectivity index (χ1v) is 7.82. The standard InChI is InChI=1S/C13H22N4OS/c1-9-5-4-6-11(10(9)2)15-12(18)7-19-13-16-14-8-17(13)3/h8-11H,4-7H2,1-3H3,(H,15,18)/t9-,10-,11+/m1/s1. The van der Waals surface area contributed by atoms with Gasteiger partial charge in [0, 0.05) is 13.1 Å². The summed E-state index contributed by atoms with van der Waals surface area (Å²) >= 11 is 1.43. The van der Waals surface area contributed by atoms with Gasteiger partial charge in [0.15, 0.2) is 5.16 Å². The van der Waals surface area contributed by atoms with E-state index in [2.05, 4.69) is 29.4 Å². The highest BCUT2D eigenvalue weighted by molar-refractivity contribution is 7.99. The van der Waals surface area contributed by atoms with Gasteiger partial charge in [0.2, 0.25) is 5.91 Å². The number of hydrogen-bond donors (Lipinski definition) is 1. The summed E-state index contributed by atoms with van der Waals surface area (Å²) in [6.07, 6.45) is 5.24. The summed E-state index contributed by atoms with van der Waals surface area (Å²) in [5.74, 6) is 1.77. The molecule has 1 saturated carbocycles. The summed E-state index contributed by atoms with van der Waals surface area (Å²) in [7, 11) is 1.88. The number of hydrogen-bond acceptors (Lipinski definition) is 4. The molecule has 1 aliphatic rings. The van der Waals surface area contributed by atoms with Gasteiger partial charge in [0.1, 0.15) is 6.33 Å². The molecule has 1 amide bonds. The third-order valence-electron chi connectivity index (χ3n) is 4.06. The first-order chi connectivity index (χ1) is 9.08. The Bertz CT molecular complexity index is 434. The van der Waals surface area contributed by atoms with Gasteiger partial charge in [-0.25, -0.2) is 0 Å². The molecule has 0 bridgehead atoms. The predicted molar refractivity (Wildman–Crippen MR) is 75.8 cm³/mol. The second kappa shape index (κ2) is 6.41. The third-order valence-corrected chi connectivity index (χ3v) is 5.09. The maximum absolute atomic E-state index is 12.0. The summed E-state index contributed by atoms with van der Waals surface area (Å²) < 4.78 is 1.82. The van der Waals surface area contributed by atoms with Crippen LogP contribution in [0.4, 0.5) is 0 Å².